The van der Waals surface area contributed by atoms with E-state index < -0.39 is 23.4 Å². The van der Waals surface area contributed by atoms with Gasteiger partial charge in [0.1, 0.15) is 24.0 Å². The zero-order chi connectivity index (χ0) is 18.0. The molecule has 0 atom stereocenters. The standard InChI is InChI=1S/C18H15F3N2O2/c19-14-3-1-2-12(8-14)18(25)23-7-6-22(17(24)11-23)10-13-4-5-15(20)9-16(13)21/h1-5,8-9H,6-7,10-11H2. The van der Waals surface area contributed by atoms with Crippen molar-refractivity contribution in [2.24, 2.45) is 0 Å². The van der Waals surface area contributed by atoms with Crippen molar-refractivity contribution in [2.75, 3.05) is 19.6 Å². The molecular weight excluding hydrogens is 333 g/mol. The SMILES string of the molecule is O=C1CN(C(=O)c2cccc(F)c2)CCN1Cc1ccc(F)cc1F. The molecule has 2 aromatic rings. The zero-order valence-corrected chi connectivity index (χ0v) is 13.2. The molecule has 0 N–H and O–H groups in total. The highest BCUT2D eigenvalue weighted by Crippen LogP contribution is 2.16. The fourth-order valence-electron chi connectivity index (χ4n) is 2.71. The first-order valence-electron chi connectivity index (χ1n) is 7.70. The largest absolute Gasteiger partial charge is 0.335 e. The molecule has 130 valence electrons. The quantitative estimate of drug-likeness (QED) is 0.856. The van der Waals surface area contributed by atoms with Gasteiger partial charge < -0.3 is 9.80 Å². The Hall–Kier alpha value is -2.83. The Balaban J connectivity index is 1.66. The van der Waals surface area contributed by atoms with Crippen LogP contribution >= 0.6 is 0 Å². The van der Waals surface area contributed by atoms with Gasteiger partial charge in [-0.3, -0.25) is 9.59 Å². The van der Waals surface area contributed by atoms with E-state index in [9.17, 15) is 22.8 Å². The molecule has 1 aliphatic heterocycles. The summed E-state index contributed by atoms with van der Waals surface area (Å²) in [6.07, 6.45) is 0. The number of rotatable bonds is 3. The number of carbonyl (C=O) groups excluding carboxylic acids is 2. The van der Waals surface area contributed by atoms with Crippen LogP contribution in [-0.2, 0) is 11.3 Å². The summed E-state index contributed by atoms with van der Waals surface area (Å²) in [6.45, 7) is 0.311. The molecule has 1 saturated heterocycles. The summed E-state index contributed by atoms with van der Waals surface area (Å²) in [5.41, 5.74) is 0.380. The van der Waals surface area contributed by atoms with Gasteiger partial charge >= 0.3 is 0 Å². The van der Waals surface area contributed by atoms with Crippen LogP contribution < -0.4 is 0 Å². The summed E-state index contributed by atoms with van der Waals surface area (Å²) in [5, 5.41) is 0. The average molecular weight is 348 g/mol. The first kappa shape index (κ1) is 17.0. The van der Waals surface area contributed by atoms with Crippen LogP contribution in [0.2, 0.25) is 0 Å². The highest BCUT2D eigenvalue weighted by Gasteiger charge is 2.28. The molecule has 1 aliphatic rings. The maximum absolute atomic E-state index is 13.7. The van der Waals surface area contributed by atoms with Gasteiger partial charge in [-0.15, -0.1) is 0 Å². The summed E-state index contributed by atoms with van der Waals surface area (Å²) < 4.78 is 39.9. The Morgan fingerprint density at radius 2 is 1.76 bits per heavy atom. The Morgan fingerprint density at radius 3 is 2.44 bits per heavy atom. The van der Waals surface area contributed by atoms with Gasteiger partial charge in [-0.2, -0.15) is 0 Å². The van der Waals surface area contributed by atoms with Gasteiger partial charge in [-0.05, 0) is 24.3 Å². The van der Waals surface area contributed by atoms with Crippen LogP contribution in [0.3, 0.4) is 0 Å². The third kappa shape index (κ3) is 3.81. The molecule has 1 heterocycles. The molecule has 4 nitrogen and oxygen atoms in total. The van der Waals surface area contributed by atoms with Gasteiger partial charge in [-0.25, -0.2) is 13.2 Å². The van der Waals surface area contributed by atoms with Crippen molar-refractivity contribution in [1.29, 1.82) is 0 Å². The minimum Gasteiger partial charge on any atom is -0.335 e. The van der Waals surface area contributed by atoms with Gasteiger partial charge in [0.15, 0.2) is 0 Å². The molecular formula is C18H15F3N2O2. The molecule has 25 heavy (non-hydrogen) atoms. The second kappa shape index (κ2) is 6.96. The summed E-state index contributed by atoms with van der Waals surface area (Å²) >= 11 is 0. The van der Waals surface area contributed by atoms with Crippen LogP contribution in [0.5, 0.6) is 0 Å². The molecule has 0 saturated carbocycles. The molecule has 0 spiro atoms. The zero-order valence-electron chi connectivity index (χ0n) is 13.2. The van der Waals surface area contributed by atoms with Crippen LogP contribution in [0.1, 0.15) is 15.9 Å². The Kier molecular flexibility index (Phi) is 4.74. The van der Waals surface area contributed by atoms with Crippen LogP contribution in [0.4, 0.5) is 13.2 Å². The minimum absolute atomic E-state index is 0.00689. The van der Waals surface area contributed by atoms with Crippen LogP contribution in [0.15, 0.2) is 42.5 Å². The molecule has 2 amide bonds. The van der Waals surface area contributed by atoms with E-state index in [0.717, 1.165) is 18.2 Å². The summed E-state index contributed by atoms with van der Waals surface area (Å²) in [6, 6.07) is 8.46. The van der Waals surface area contributed by atoms with E-state index in [1.54, 1.807) is 0 Å². The molecule has 7 heteroatoms. The summed E-state index contributed by atoms with van der Waals surface area (Å²) in [5.74, 6) is -2.70. The molecule has 0 aromatic heterocycles. The number of nitrogens with zero attached hydrogens (tertiary/aromatic N) is 2. The number of benzene rings is 2. The maximum atomic E-state index is 13.7. The lowest BCUT2D eigenvalue weighted by molar-refractivity contribution is -0.135. The molecule has 0 aliphatic carbocycles. The fourth-order valence-corrected chi connectivity index (χ4v) is 2.71. The highest BCUT2D eigenvalue weighted by atomic mass is 19.1. The third-order valence-electron chi connectivity index (χ3n) is 4.05. The van der Waals surface area contributed by atoms with Crippen molar-refractivity contribution in [1.82, 2.24) is 9.80 Å². The molecule has 1 fully saturated rings. The van der Waals surface area contributed by atoms with Crippen LogP contribution in [0.25, 0.3) is 0 Å². The number of halogens is 3. The van der Waals surface area contributed by atoms with E-state index >= 15 is 0 Å². The van der Waals surface area contributed by atoms with E-state index in [2.05, 4.69) is 0 Å². The Morgan fingerprint density at radius 1 is 1.00 bits per heavy atom. The number of hydrogen-bond acceptors (Lipinski definition) is 2. The van der Waals surface area contributed by atoms with Crippen molar-refractivity contribution in [3.63, 3.8) is 0 Å². The van der Waals surface area contributed by atoms with E-state index in [0.29, 0.717) is 0 Å². The van der Waals surface area contributed by atoms with Gasteiger partial charge in [0.25, 0.3) is 5.91 Å². The molecule has 3 rings (SSSR count). The predicted molar refractivity (Wildman–Crippen MR) is 84.1 cm³/mol. The maximum Gasteiger partial charge on any atom is 0.254 e. The Bertz CT molecular complexity index is 826. The smallest absolute Gasteiger partial charge is 0.254 e. The Labute approximate surface area is 142 Å². The molecule has 0 unspecified atom stereocenters. The topological polar surface area (TPSA) is 40.6 Å². The first-order valence-corrected chi connectivity index (χ1v) is 7.70. The van der Waals surface area contributed by atoms with Crippen molar-refractivity contribution < 1.29 is 22.8 Å². The number of piperazine rings is 1. The van der Waals surface area contributed by atoms with Gasteiger partial charge in [0, 0.05) is 36.8 Å². The number of carbonyl (C=O) groups is 2. The normalized spacial score (nSPS) is 14.8. The van der Waals surface area contributed by atoms with Crippen LogP contribution in [0, 0.1) is 17.5 Å². The lowest BCUT2D eigenvalue weighted by atomic mass is 10.1. The van der Waals surface area contributed by atoms with E-state index in [-0.39, 0.29) is 43.2 Å². The second-order valence-corrected chi connectivity index (χ2v) is 5.79. The van der Waals surface area contributed by atoms with E-state index in [4.69, 9.17) is 0 Å². The van der Waals surface area contributed by atoms with Gasteiger partial charge in [0.05, 0.1) is 0 Å². The number of hydrogen-bond donors (Lipinski definition) is 0. The number of amides is 2. The monoisotopic (exact) mass is 348 g/mol. The van der Waals surface area contributed by atoms with E-state index in [1.165, 1.54) is 34.1 Å². The van der Waals surface area contributed by atoms with Crippen molar-refractivity contribution in [2.45, 2.75) is 6.54 Å². The average Bonchev–Trinajstić information content (AvgIpc) is 2.58. The van der Waals surface area contributed by atoms with Crippen molar-refractivity contribution >= 4 is 11.8 Å². The second-order valence-electron chi connectivity index (χ2n) is 5.79. The summed E-state index contributed by atoms with van der Waals surface area (Å²) in [4.78, 5) is 27.3. The molecule has 0 radical (unpaired) electrons. The molecule has 0 bridgehead atoms. The highest BCUT2D eigenvalue weighted by molar-refractivity contribution is 5.97. The first-order chi connectivity index (χ1) is 11.9. The van der Waals surface area contributed by atoms with Gasteiger partial charge in [-0.1, -0.05) is 12.1 Å². The van der Waals surface area contributed by atoms with Crippen molar-refractivity contribution in [3.05, 3.63) is 71.0 Å². The summed E-state index contributed by atoms with van der Waals surface area (Å²) in [7, 11) is 0. The lowest BCUT2D eigenvalue weighted by Gasteiger charge is -2.34. The predicted octanol–water partition coefficient (Wildman–Crippen LogP) is 2.59. The van der Waals surface area contributed by atoms with Crippen molar-refractivity contribution in [3.8, 4) is 0 Å². The minimum atomic E-state index is -0.717. The lowest BCUT2D eigenvalue weighted by Crippen LogP contribution is -2.51. The van der Waals surface area contributed by atoms with E-state index in [1.807, 2.05) is 0 Å². The third-order valence-corrected chi connectivity index (χ3v) is 4.05. The van der Waals surface area contributed by atoms with Gasteiger partial charge in [0.2, 0.25) is 5.91 Å². The fraction of sp³-hybridized carbons (Fsp3) is 0.222. The van der Waals surface area contributed by atoms with Crippen LogP contribution in [-0.4, -0.2) is 41.2 Å². The molecule has 2 aromatic carbocycles.